The number of pyridine rings is 1. The van der Waals surface area contributed by atoms with Crippen molar-refractivity contribution in [2.45, 2.75) is 19.2 Å². The number of hydrogen-bond donors (Lipinski definition) is 1. The highest BCUT2D eigenvalue weighted by Gasteiger charge is 2.35. The largest absolute Gasteiger partial charge is 0.418 e. The molecule has 0 amide bonds. The molecule has 0 aliphatic heterocycles. The lowest BCUT2D eigenvalue weighted by molar-refractivity contribution is -0.138. The minimum Gasteiger partial charge on any atom is -0.390 e. The Hall–Kier alpha value is -0.510. The fraction of sp³-hybridized carbons (Fsp3) is 0.375. The molecule has 1 N–H and O–H groups in total. The minimum atomic E-state index is -4.73. The number of hydrogen-bond acceptors (Lipinski definition) is 2. The van der Waals surface area contributed by atoms with Crippen molar-refractivity contribution in [3.8, 4) is 0 Å². The molecule has 16 heavy (non-hydrogen) atoms. The molecule has 1 aromatic rings. The quantitative estimate of drug-likeness (QED) is 0.504. The Morgan fingerprint density at radius 3 is 2.31 bits per heavy atom. The molecule has 8 heteroatoms. The van der Waals surface area contributed by atoms with Crippen LogP contribution in [0, 0.1) is 3.70 Å². The summed E-state index contributed by atoms with van der Waals surface area (Å²) >= 11 is 1.29. The molecule has 0 bridgehead atoms. The maximum absolute atomic E-state index is 12.4. The molecule has 0 fully saturated rings. The lowest BCUT2D eigenvalue weighted by Crippen LogP contribution is -2.12. The zero-order valence-corrected chi connectivity index (χ0v) is 9.68. The van der Waals surface area contributed by atoms with E-state index in [2.05, 4.69) is 4.98 Å². The van der Waals surface area contributed by atoms with Crippen molar-refractivity contribution >= 4 is 22.6 Å². The fourth-order valence-corrected chi connectivity index (χ4v) is 1.81. The topological polar surface area (TPSA) is 33.1 Å². The van der Waals surface area contributed by atoms with Crippen LogP contribution in [0.2, 0.25) is 0 Å². The molecular formula is C8H5F5INO. The Morgan fingerprint density at radius 1 is 1.38 bits per heavy atom. The summed E-state index contributed by atoms with van der Waals surface area (Å²) in [5, 5.41) is 8.71. The number of aliphatic hydroxyl groups excluding tert-OH is 1. The Balaban J connectivity index is 3.39. The van der Waals surface area contributed by atoms with Gasteiger partial charge in [0.05, 0.1) is 17.9 Å². The lowest BCUT2D eigenvalue weighted by atomic mass is 10.1. The molecule has 0 radical (unpaired) electrons. The van der Waals surface area contributed by atoms with Crippen LogP contribution in [-0.4, -0.2) is 10.1 Å². The van der Waals surface area contributed by atoms with E-state index in [9.17, 15) is 22.0 Å². The Labute approximate surface area is 101 Å². The van der Waals surface area contributed by atoms with Crippen molar-refractivity contribution in [2.75, 3.05) is 0 Å². The fourth-order valence-electron chi connectivity index (χ4n) is 1.06. The van der Waals surface area contributed by atoms with Crippen molar-refractivity contribution in [3.63, 3.8) is 0 Å². The van der Waals surface area contributed by atoms with Crippen molar-refractivity contribution in [2.24, 2.45) is 0 Å². The average molecular weight is 353 g/mol. The number of rotatable bonds is 2. The number of aliphatic hydroxyl groups is 1. The predicted molar refractivity (Wildman–Crippen MR) is 52.8 cm³/mol. The lowest BCUT2D eigenvalue weighted by Gasteiger charge is -2.13. The molecule has 0 unspecified atom stereocenters. The van der Waals surface area contributed by atoms with Gasteiger partial charge in [-0.3, -0.25) is 0 Å². The van der Waals surface area contributed by atoms with Gasteiger partial charge in [0.15, 0.2) is 0 Å². The third-order valence-electron chi connectivity index (χ3n) is 1.78. The van der Waals surface area contributed by atoms with Crippen LogP contribution < -0.4 is 0 Å². The van der Waals surface area contributed by atoms with Crippen LogP contribution in [-0.2, 0) is 12.8 Å². The second-order valence-electron chi connectivity index (χ2n) is 2.82. The van der Waals surface area contributed by atoms with Crippen LogP contribution in [0.15, 0.2) is 6.07 Å². The molecule has 1 aromatic heterocycles. The smallest absolute Gasteiger partial charge is 0.390 e. The highest BCUT2D eigenvalue weighted by atomic mass is 127. The molecule has 0 aromatic carbocycles. The van der Waals surface area contributed by atoms with E-state index in [1.165, 1.54) is 22.6 Å². The van der Waals surface area contributed by atoms with E-state index < -0.39 is 39.7 Å². The van der Waals surface area contributed by atoms with Gasteiger partial charge in [0.25, 0.3) is 6.43 Å². The first kappa shape index (κ1) is 13.6. The van der Waals surface area contributed by atoms with Gasteiger partial charge in [-0.1, -0.05) is 0 Å². The van der Waals surface area contributed by atoms with Crippen molar-refractivity contribution < 1.29 is 27.1 Å². The first-order valence-electron chi connectivity index (χ1n) is 3.93. The van der Waals surface area contributed by atoms with Gasteiger partial charge in [0.1, 0.15) is 3.70 Å². The molecule has 0 atom stereocenters. The van der Waals surface area contributed by atoms with Crippen LogP contribution in [0.25, 0.3) is 0 Å². The number of alkyl halides is 5. The van der Waals surface area contributed by atoms with Crippen molar-refractivity contribution in [1.82, 2.24) is 4.98 Å². The van der Waals surface area contributed by atoms with Gasteiger partial charge in [-0.2, -0.15) is 13.2 Å². The summed E-state index contributed by atoms with van der Waals surface area (Å²) in [7, 11) is 0. The first-order valence-corrected chi connectivity index (χ1v) is 5.00. The third-order valence-corrected chi connectivity index (χ3v) is 2.60. The molecule has 0 aliphatic carbocycles. The van der Waals surface area contributed by atoms with Gasteiger partial charge in [0, 0.05) is 5.56 Å². The van der Waals surface area contributed by atoms with Crippen molar-refractivity contribution in [1.29, 1.82) is 0 Å². The standard InChI is InChI=1S/C8H5F5INO/c9-6(10)3-1-4(8(11,12)13)7(14)15-5(3)2-16/h1,6,16H,2H2. The van der Waals surface area contributed by atoms with E-state index in [1.807, 2.05) is 0 Å². The number of aromatic nitrogens is 1. The van der Waals surface area contributed by atoms with E-state index in [-0.39, 0.29) is 0 Å². The van der Waals surface area contributed by atoms with Crippen molar-refractivity contribution in [3.05, 3.63) is 26.6 Å². The second-order valence-corrected chi connectivity index (χ2v) is 3.84. The Morgan fingerprint density at radius 2 is 1.94 bits per heavy atom. The van der Waals surface area contributed by atoms with Gasteiger partial charge in [-0.25, -0.2) is 13.8 Å². The second kappa shape index (κ2) is 4.78. The Kier molecular flexibility index (Phi) is 4.05. The summed E-state index contributed by atoms with van der Waals surface area (Å²) in [6.45, 7) is -0.826. The van der Waals surface area contributed by atoms with E-state index in [0.29, 0.717) is 6.07 Å². The maximum atomic E-state index is 12.4. The van der Waals surface area contributed by atoms with Crippen LogP contribution in [0.1, 0.15) is 23.2 Å². The zero-order valence-electron chi connectivity index (χ0n) is 7.52. The Bertz CT molecular complexity index is 393. The maximum Gasteiger partial charge on any atom is 0.418 e. The van der Waals surface area contributed by atoms with Gasteiger partial charge in [-0.15, -0.1) is 0 Å². The highest BCUT2D eigenvalue weighted by Crippen LogP contribution is 2.35. The van der Waals surface area contributed by atoms with E-state index in [0.717, 1.165) is 0 Å². The number of halogens is 6. The van der Waals surface area contributed by atoms with Crippen LogP contribution >= 0.6 is 22.6 Å². The summed E-state index contributed by atoms with van der Waals surface area (Å²) in [4.78, 5) is 3.32. The first-order chi connectivity index (χ1) is 7.27. The van der Waals surface area contributed by atoms with Crippen LogP contribution in [0.3, 0.4) is 0 Å². The van der Waals surface area contributed by atoms with Gasteiger partial charge in [0.2, 0.25) is 0 Å². The summed E-state index contributed by atoms with van der Waals surface area (Å²) in [6, 6.07) is 0.324. The molecule has 0 saturated heterocycles. The monoisotopic (exact) mass is 353 g/mol. The normalized spacial score (nSPS) is 12.2. The zero-order chi connectivity index (χ0) is 12.5. The molecule has 2 nitrogen and oxygen atoms in total. The molecule has 90 valence electrons. The summed E-state index contributed by atoms with van der Waals surface area (Å²) in [5.74, 6) is 0. The molecule has 1 heterocycles. The van der Waals surface area contributed by atoms with Gasteiger partial charge in [-0.05, 0) is 28.7 Å². The van der Waals surface area contributed by atoms with E-state index in [1.54, 1.807) is 0 Å². The van der Waals surface area contributed by atoms with E-state index in [4.69, 9.17) is 5.11 Å². The highest BCUT2D eigenvalue weighted by molar-refractivity contribution is 14.1. The van der Waals surface area contributed by atoms with Gasteiger partial charge < -0.3 is 5.11 Å². The predicted octanol–water partition coefficient (Wildman–Crippen LogP) is 3.13. The average Bonchev–Trinajstić information content (AvgIpc) is 2.14. The molecule has 0 spiro atoms. The molecule has 0 aliphatic rings. The summed E-state index contributed by atoms with van der Waals surface area (Å²) in [5.41, 5.74) is -2.55. The summed E-state index contributed by atoms with van der Waals surface area (Å²) in [6.07, 6.45) is -7.84. The minimum absolute atomic E-state index is 0.324. The molecule has 1 rings (SSSR count). The molecular weight excluding hydrogens is 348 g/mol. The van der Waals surface area contributed by atoms with Gasteiger partial charge >= 0.3 is 6.18 Å². The SMILES string of the molecule is OCc1nc(I)c(C(F)(F)F)cc1C(F)F. The molecule has 0 saturated carbocycles. The summed E-state index contributed by atoms with van der Waals surface area (Å²) < 4.78 is 61.5. The number of nitrogens with zero attached hydrogens (tertiary/aromatic N) is 1. The third kappa shape index (κ3) is 2.78. The van der Waals surface area contributed by atoms with E-state index >= 15 is 0 Å². The van der Waals surface area contributed by atoms with Crippen LogP contribution in [0.4, 0.5) is 22.0 Å². The van der Waals surface area contributed by atoms with Crippen LogP contribution in [0.5, 0.6) is 0 Å².